The van der Waals surface area contributed by atoms with Gasteiger partial charge in [0, 0.05) is 17.8 Å². The molecule has 2 heterocycles. The summed E-state index contributed by atoms with van der Waals surface area (Å²) >= 11 is 0. The highest BCUT2D eigenvalue weighted by atomic mass is 16.5. The molecule has 1 aliphatic carbocycles. The zero-order valence-corrected chi connectivity index (χ0v) is 15.7. The first-order chi connectivity index (χ1) is 13.0. The number of amides is 1. The van der Waals surface area contributed by atoms with E-state index in [4.69, 9.17) is 11.2 Å². The van der Waals surface area contributed by atoms with Gasteiger partial charge < -0.3 is 15.0 Å². The second-order valence-corrected chi connectivity index (χ2v) is 7.61. The Kier molecular flexibility index (Phi) is 5.98. The van der Waals surface area contributed by atoms with E-state index in [9.17, 15) is 10.1 Å². The SMILES string of the molecule is C#C[C@@H]1CC[C@@H](C#N)N1C(=O)CNC1(C)CCC(Oc2ccccn2)CC1. The van der Waals surface area contributed by atoms with E-state index < -0.39 is 6.04 Å². The van der Waals surface area contributed by atoms with Crippen LogP contribution in [0.2, 0.25) is 0 Å². The van der Waals surface area contributed by atoms with Gasteiger partial charge in [0.1, 0.15) is 12.1 Å². The lowest BCUT2D eigenvalue weighted by Gasteiger charge is -2.38. The molecule has 0 aromatic carbocycles. The van der Waals surface area contributed by atoms with Crippen molar-refractivity contribution in [3.8, 4) is 24.3 Å². The highest BCUT2D eigenvalue weighted by Crippen LogP contribution is 2.30. The summed E-state index contributed by atoms with van der Waals surface area (Å²) in [5, 5.41) is 12.7. The average Bonchev–Trinajstić information content (AvgIpc) is 3.12. The third-order valence-electron chi connectivity index (χ3n) is 5.64. The molecule has 0 bridgehead atoms. The van der Waals surface area contributed by atoms with E-state index in [1.54, 1.807) is 11.1 Å². The summed E-state index contributed by atoms with van der Waals surface area (Å²) in [5.74, 6) is 3.21. The minimum atomic E-state index is -0.407. The number of hydrogen-bond donors (Lipinski definition) is 1. The van der Waals surface area contributed by atoms with Crippen LogP contribution in [0.15, 0.2) is 24.4 Å². The van der Waals surface area contributed by atoms with Gasteiger partial charge in [-0.1, -0.05) is 12.0 Å². The van der Waals surface area contributed by atoms with Gasteiger partial charge in [0.15, 0.2) is 0 Å². The molecule has 1 amide bonds. The zero-order valence-electron chi connectivity index (χ0n) is 15.7. The number of likely N-dealkylation sites (tertiary alicyclic amines) is 1. The maximum atomic E-state index is 12.7. The number of nitrogens with zero attached hydrogens (tertiary/aromatic N) is 3. The number of nitriles is 1. The smallest absolute Gasteiger partial charge is 0.238 e. The predicted molar refractivity (Wildman–Crippen MR) is 102 cm³/mol. The first-order valence-corrected chi connectivity index (χ1v) is 9.54. The van der Waals surface area contributed by atoms with Crippen molar-refractivity contribution in [3.05, 3.63) is 24.4 Å². The summed E-state index contributed by atoms with van der Waals surface area (Å²) in [7, 11) is 0. The van der Waals surface area contributed by atoms with Crippen molar-refractivity contribution >= 4 is 5.91 Å². The molecule has 1 saturated carbocycles. The number of hydrogen-bond acceptors (Lipinski definition) is 5. The first kappa shape index (κ1) is 19.2. The molecule has 27 heavy (non-hydrogen) atoms. The van der Waals surface area contributed by atoms with Crippen molar-refractivity contribution in [3.63, 3.8) is 0 Å². The molecule has 142 valence electrons. The van der Waals surface area contributed by atoms with Crippen LogP contribution >= 0.6 is 0 Å². The summed E-state index contributed by atoms with van der Waals surface area (Å²) in [6.45, 7) is 2.35. The molecule has 1 aromatic heterocycles. The van der Waals surface area contributed by atoms with Crippen molar-refractivity contribution in [2.45, 2.75) is 69.2 Å². The van der Waals surface area contributed by atoms with Crippen molar-refractivity contribution in [1.82, 2.24) is 15.2 Å². The number of carbonyl (C=O) groups is 1. The molecular formula is C21H26N4O2. The van der Waals surface area contributed by atoms with E-state index in [1.165, 1.54) is 0 Å². The normalized spacial score (nSPS) is 30.3. The van der Waals surface area contributed by atoms with Crippen LogP contribution in [0.4, 0.5) is 0 Å². The Morgan fingerprint density at radius 1 is 1.37 bits per heavy atom. The van der Waals surface area contributed by atoms with Gasteiger partial charge in [-0.05, 0) is 51.5 Å². The number of pyridine rings is 1. The van der Waals surface area contributed by atoms with Gasteiger partial charge in [0.05, 0.1) is 18.7 Å². The molecular weight excluding hydrogens is 340 g/mol. The topological polar surface area (TPSA) is 78.2 Å². The molecule has 1 aliphatic heterocycles. The van der Waals surface area contributed by atoms with E-state index in [0.29, 0.717) is 18.7 Å². The van der Waals surface area contributed by atoms with Gasteiger partial charge >= 0.3 is 0 Å². The van der Waals surface area contributed by atoms with Crippen molar-refractivity contribution in [2.24, 2.45) is 0 Å². The number of aromatic nitrogens is 1. The lowest BCUT2D eigenvalue weighted by atomic mass is 9.82. The largest absolute Gasteiger partial charge is 0.474 e. The number of nitrogens with one attached hydrogen (secondary N) is 1. The summed E-state index contributed by atoms with van der Waals surface area (Å²) in [6, 6.07) is 7.18. The van der Waals surface area contributed by atoms with Crippen LogP contribution in [0.1, 0.15) is 45.4 Å². The minimum Gasteiger partial charge on any atom is -0.474 e. The van der Waals surface area contributed by atoms with Crippen LogP contribution in [0.3, 0.4) is 0 Å². The fourth-order valence-electron chi connectivity index (χ4n) is 3.94. The lowest BCUT2D eigenvalue weighted by molar-refractivity contribution is -0.131. The lowest BCUT2D eigenvalue weighted by Crippen LogP contribution is -2.52. The van der Waals surface area contributed by atoms with Crippen LogP contribution < -0.4 is 10.1 Å². The molecule has 1 N–H and O–H groups in total. The van der Waals surface area contributed by atoms with Crippen molar-refractivity contribution in [1.29, 1.82) is 5.26 Å². The van der Waals surface area contributed by atoms with E-state index in [2.05, 4.69) is 29.2 Å². The van der Waals surface area contributed by atoms with Crippen LogP contribution in [0.5, 0.6) is 5.88 Å². The third kappa shape index (κ3) is 4.59. The number of terminal acetylenes is 1. The first-order valence-electron chi connectivity index (χ1n) is 9.54. The molecule has 0 unspecified atom stereocenters. The van der Waals surface area contributed by atoms with Crippen LogP contribution in [0.25, 0.3) is 0 Å². The zero-order chi connectivity index (χ0) is 19.3. The monoisotopic (exact) mass is 366 g/mol. The third-order valence-corrected chi connectivity index (χ3v) is 5.64. The maximum absolute atomic E-state index is 12.7. The Labute approximate surface area is 160 Å². The Bertz CT molecular complexity index is 707. The van der Waals surface area contributed by atoms with Gasteiger partial charge in [-0.25, -0.2) is 4.98 Å². The van der Waals surface area contributed by atoms with Crippen LogP contribution in [-0.2, 0) is 4.79 Å². The summed E-state index contributed by atoms with van der Waals surface area (Å²) in [4.78, 5) is 18.4. The van der Waals surface area contributed by atoms with Crippen molar-refractivity contribution in [2.75, 3.05) is 6.54 Å². The number of rotatable bonds is 5. The molecule has 0 spiro atoms. The van der Waals surface area contributed by atoms with Gasteiger partial charge in [0.2, 0.25) is 11.8 Å². The second kappa shape index (κ2) is 8.41. The van der Waals surface area contributed by atoms with Gasteiger partial charge in [0.25, 0.3) is 0 Å². The molecule has 1 aromatic rings. The van der Waals surface area contributed by atoms with Crippen molar-refractivity contribution < 1.29 is 9.53 Å². The van der Waals surface area contributed by atoms with Gasteiger partial charge in [-0.2, -0.15) is 5.26 Å². The molecule has 6 heteroatoms. The number of carbonyl (C=O) groups excluding carboxylic acids is 1. The minimum absolute atomic E-state index is 0.0879. The fraction of sp³-hybridized carbons (Fsp3) is 0.571. The van der Waals surface area contributed by atoms with Gasteiger partial charge in [-0.15, -0.1) is 6.42 Å². The van der Waals surface area contributed by atoms with Gasteiger partial charge in [-0.3, -0.25) is 4.79 Å². The van der Waals surface area contributed by atoms with E-state index in [1.807, 2.05) is 18.2 Å². The Hall–Kier alpha value is -2.57. The molecule has 2 fully saturated rings. The molecule has 3 rings (SSSR count). The van der Waals surface area contributed by atoms with Crippen LogP contribution in [-0.4, -0.2) is 46.1 Å². The second-order valence-electron chi connectivity index (χ2n) is 7.61. The Morgan fingerprint density at radius 3 is 2.74 bits per heavy atom. The molecule has 0 radical (unpaired) electrons. The molecule has 6 nitrogen and oxygen atoms in total. The maximum Gasteiger partial charge on any atom is 0.238 e. The van der Waals surface area contributed by atoms with Crippen LogP contribution in [0, 0.1) is 23.7 Å². The molecule has 2 aliphatic rings. The highest BCUT2D eigenvalue weighted by Gasteiger charge is 2.37. The highest BCUT2D eigenvalue weighted by molar-refractivity contribution is 5.80. The van der Waals surface area contributed by atoms with E-state index in [0.717, 1.165) is 25.7 Å². The summed E-state index contributed by atoms with van der Waals surface area (Å²) in [5.41, 5.74) is -0.118. The van der Waals surface area contributed by atoms with E-state index >= 15 is 0 Å². The predicted octanol–water partition coefficient (Wildman–Crippen LogP) is 2.27. The Morgan fingerprint density at radius 2 is 2.11 bits per heavy atom. The Balaban J connectivity index is 1.49. The number of ether oxygens (including phenoxy) is 1. The fourth-order valence-corrected chi connectivity index (χ4v) is 3.94. The quantitative estimate of drug-likeness (QED) is 0.809. The standard InChI is InChI=1S/C21H26N4O2/c1-3-16-7-8-17(14-22)25(16)20(26)15-24-21(2)11-9-18(10-12-21)27-19-6-4-5-13-23-19/h1,4-6,13,16-18,24H,7-12,15H2,2H3/t16-,17+,18?,21?/m1/s1. The summed E-state index contributed by atoms with van der Waals surface area (Å²) in [6.07, 6.45) is 12.4. The molecule has 2 atom stereocenters. The average molecular weight is 366 g/mol. The summed E-state index contributed by atoms with van der Waals surface area (Å²) < 4.78 is 5.94. The molecule has 1 saturated heterocycles. The van der Waals surface area contributed by atoms with E-state index in [-0.39, 0.29) is 30.1 Å².